The van der Waals surface area contributed by atoms with Crippen molar-refractivity contribution in [3.05, 3.63) is 89.3 Å². The maximum absolute atomic E-state index is 13.4. The van der Waals surface area contributed by atoms with Crippen molar-refractivity contribution in [3.8, 4) is 0 Å². The summed E-state index contributed by atoms with van der Waals surface area (Å²) >= 11 is 0. The summed E-state index contributed by atoms with van der Waals surface area (Å²) in [7, 11) is 0. The minimum absolute atomic E-state index is 0.0429. The maximum atomic E-state index is 13.4. The van der Waals surface area contributed by atoms with Crippen LogP contribution >= 0.6 is 0 Å². The molecular formula is C27H31N5O. The van der Waals surface area contributed by atoms with Crippen molar-refractivity contribution < 1.29 is 4.79 Å². The highest BCUT2D eigenvalue weighted by Gasteiger charge is 2.25. The van der Waals surface area contributed by atoms with Crippen LogP contribution in [-0.4, -0.2) is 50.3 Å². The van der Waals surface area contributed by atoms with Gasteiger partial charge in [0.05, 0.1) is 11.4 Å². The molecule has 5 rings (SSSR count). The molecule has 6 nitrogen and oxygen atoms in total. The van der Waals surface area contributed by atoms with Gasteiger partial charge in [-0.1, -0.05) is 19.1 Å². The van der Waals surface area contributed by atoms with Gasteiger partial charge in [0.1, 0.15) is 5.65 Å². The summed E-state index contributed by atoms with van der Waals surface area (Å²) < 4.78 is 2.07. The van der Waals surface area contributed by atoms with Crippen molar-refractivity contribution in [1.29, 1.82) is 0 Å². The van der Waals surface area contributed by atoms with E-state index in [2.05, 4.69) is 58.7 Å². The monoisotopic (exact) mass is 441 g/mol. The van der Waals surface area contributed by atoms with E-state index >= 15 is 0 Å². The number of pyridine rings is 1. The van der Waals surface area contributed by atoms with Gasteiger partial charge in [0.25, 0.3) is 5.91 Å². The molecule has 170 valence electrons. The molecule has 1 amide bonds. The van der Waals surface area contributed by atoms with E-state index in [9.17, 15) is 4.79 Å². The summed E-state index contributed by atoms with van der Waals surface area (Å²) in [6.45, 7) is 10.4. The van der Waals surface area contributed by atoms with Crippen molar-refractivity contribution >= 4 is 17.1 Å². The Bertz CT molecular complexity index is 1250. The minimum atomic E-state index is -0.0429. The Hall–Kier alpha value is -3.38. The lowest BCUT2D eigenvalue weighted by atomic mass is 10.0. The first kappa shape index (κ1) is 21.5. The fraction of sp³-hybridized carbons (Fsp3) is 0.333. The number of piperazine rings is 1. The average molecular weight is 442 g/mol. The Balaban J connectivity index is 1.50. The van der Waals surface area contributed by atoms with Crippen LogP contribution in [0.15, 0.2) is 72.5 Å². The summed E-state index contributed by atoms with van der Waals surface area (Å²) in [5, 5.41) is 3.57. The zero-order chi connectivity index (χ0) is 23.1. The molecular weight excluding hydrogens is 410 g/mol. The molecule has 0 spiro atoms. The summed E-state index contributed by atoms with van der Waals surface area (Å²) in [4.78, 5) is 22.2. The maximum Gasteiger partial charge on any atom is 0.255 e. The molecule has 2 atom stereocenters. The first-order valence-corrected chi connectivity index (χ1v) is 11.7. The number of carbonyl (C=O) groups is 1. The molecule has 3 aliphatic rings. The molecule has 3 aliphatic heterocycles. The highest BCUT2D eigenvalue weighted by Crippen LogP contribution is 2.27. The molecule has 6 heteroatoms. The van der Waals surface area contributed by atoms with Crippen LogP contribution in [0.25, 0.3) is 11.2 Å². The van der Waals surface area contributed by atoms with Gasteiger partial charge in [-0.2, -0.15) is 0 Å². The third-order valence-electron chi connectivity index (χ3n) is 6.41. The topological polar surface area (TPSA) is 52.9 Å². The molecule has 1 saturated heterocycles. The molecule has 0 radical (unpaired) electrons. The third kappa shape index (κ3) is 4.18. The first-order valence-electron chi connectivity index (χ1n) is 11.7. The third-order valence-corrected chi connectivity index (χ3v) is 6.41. The van der Waals surface area contributed by atoms with Crippen LogP contribution in [0.4, 0.5) is 0 Å². The highest BCUT2D eigenvalue weighted by atomic mass is 16.2. The number of aromatic nitrogens is 2. The van der Waals surface area contributed by atoms with Gasteiger partial charge in [-0.3, -0.25) is 9.69 Å². The average Bonchev–Trinajstić information content (AvgIpc) is 3.15. The number of carbonyl (C=O) groups excluding carboxylic acids is 1. The van der Waals surface area contributed by atoms with Crippen molar-refractivity contribution in [2.24, 2.45) is 0 Å². The number of hydrogen-bond donors (Lipinski definition) is 1. The van der Waals surface area contributed by atoms with Crippen LogP contribution in [0.2, 0.25) is 0 Å². The molecule has 0 saturated carbocycles. The lowest BCUT2D eigenvalue weighted by Crippen LogP contribution is -2.53. The van der Waals surface area contributed by atoms with E-state index in [1.807, 2.05) is 43.6 Å². The second kappa shape index (κ2) is 8.52. The zero-order valence-electron chi connectivity index (χ0n) is 19.7. The normalized spacial score (nSPS) is 27.3. The first-order chi connectivity index (χ1) is 15.9. The molecule has 0 aliphatic carbocycles. The van der Waals surface area contributed by atoms with E-state index in [-0.39, 0.29) is 5.91 Å². The Morgan fingerprint density at radius 2 is 1.85 bits per heavy atom. The molecule has 1 fully saturated rings. The number of imidazole rings is 1. The summed E-state index contributed by atoms with van der Waals surface area (Å²) in [6.07, 6.45) is 18.9. The van der Waals surface area contributed by atoms with Crippen LogP contribution in [0.3, 0.4) is 0 Å². The Kier molecular flexibility index (Phi) is 5.54. The van der Waals surface area contributed by atoms with E-state index in [0.29, 0.717) is 12.1 Å². The molecule has 33 heavy (non-hydrogen) atoms. The number of nitrogens with zero attached hydrogens (tertiary/aromatic N) is 4. The quantitative estimate of drug-likeness (QED) is 0.783. The fourth-order valence-corrected chi connectivity index (χ4v) is 4.94. The number of fused-ring (bicyclic) bond motifs is 2. The number of allylic oxidation sites excluding steroid dienone is 6. The van der Waals surface area contributed by atoms with Gasteiger partial charge in [-0.05, 0) is 68.2 Å². The van der Waals surface area contributed by atoms with E-state index in [1.54, 1.807) is 11.0 Å². The number of aryl methyl sites for hydroxylation is 2. The van der Waals surface area contributed by atoms with Crippen LogP contribution in [-0.2, 0) is 11.2 Å². The Labute approximate surface area is 195 Å². The van der Waals surface area contributed by atoms with Gasteiger partial charge in [-0.25, -0.2) is 4.98 Å². The predicted molar refractivity (Wildman–Crippen MR) is 132 cm³/mol. The zero-order valence-corrected chi connectivity index (χ0v) is 19.7. The standard InChI is InChI=1S/C27H31N5O/c1-5-21-11-23(16-31-15-20(4)29-27(21)31)22-7-6-8-24-9-10-25(17-32(24)26(33)12-22)30-13-18(2)28-19(3)14-30/h6-12,15-19,28H,5,13-14H2,1-4H3/b7-6+,22-12+,24-8+/t18-,19+. The van der Waals surface area contributed by atoms with E-state index in [1.165, 1.54) is 5.56 Å². The fourth-order valence-electron chi connectivity index (χ4n) is 4.94. The van der Waals surface area contributed by atoms with Crippen molar-refractivity contribution in [2.75, 3.05) is 13.1 Å². The van der Waals surface area contributed by atoms with Crippen LogP contribution in [0, 0.1) is 6.92 Å². The molecule has 0 bridgehead atoms. The number of amides is 1. The number of nitrogens with one attached hydrogen (secondary N) is 1. The van der Waals surface area contributed by atoms with Crippen molar-refractivity contribution in [1.82, 2.24) is 24.5 Å². The Morgan fingerprint density at radius 3 is 2.61 bits per heavy atom. The molecule has 0 unspecified atom stereocenters. The van der Waals surface area contributed by atoms with Gasteiger partial charge in [0.15, 0.2) is 0 Å². The molecule has 2 aromatic heterocycles. The van der Waals surface area contributed by atoms with Crippen molar-refractivity contribution in [2.45, 2.75) is 46.2 Å². The predicted octanol–water partition coefficient (Wildman–Crippen LogP) is 3.96. The van der Waals surface area contributed by atoms with E-state index in [0.717, 1.165) is 53.4 Å². The smallest absolute Gasteiger partial charge is 0.255 e. The second-order valence-corrected chi connectivity index (χ2v) is 9.24. The van der Waals surface area contributed by atoms with Gasteiger partial charge >= 0.3 is 0 Å². The summed E-state index contributed by atoms with van der Waals surface area (Å²) in [6, 6.07) is 2.97. The molecule has 2 aromatic rings. The van der Waals surface area contributed by atoms with Crippen LogP contribution < -0.4 is 5.32 Å². The van der Waals surface area contributed by atoms with Crippen LogP contribution in [0.5, 0.6) is 0 Å². The van der Waals surface area contributed by atoms with E-state index < -0.39 is 0 Å². The largest absolute Gasteiger partial charge is 0.367 e. The van der Waals surface area contributed by atoms with E-state index in [4.69, 9.17) is 0 Å². The van der Waals surface area contributed by atoms with Crippen molar-refractivity contribution in [3.63, 3.8) is 0 Å². The van der Waals surface area contributed by atoms with Crippen LogP contribution in [0.1, 0.15) is 37.6 Å². The van der Waals surface area contributed by atoms with Gasteiger partial charge in [0.2, 0.25) is 0 Å². The molecule has 5 heterocycles. The van der Waals surface area contributed by atoms with Gasteiger partial charge < -0.3 is 14.6 Å². The molecule has 0 aromatic carbocycles. The number of rotatable bonds is 3. The lowest BCUT2D eigenvalue weighted by Gasteiger charge is -2.39. The lowest BCUT2D eigenvalue weighted by molar-refractivity contribution is -0.122. The summed E-state index contributed by atoms with van der Waals surface area (Å²) in [5.41, 5.74) is 7.00. The summed E-state index contributed by atoms with van der Waals surface area (Å²) in [5.74, 6) is -0.0429. The van der Waals surface area contributed by atoms with Gasteiger partial charge in [0, 0.05) is 55.5 Å². The SMILES string of the molecule is CCc1cc(C2=C\C(=O)N3C=C(N4C[C@@H](C)N[C@@H](C)C4)C=C\C3=C/C=C/2)cn2cc(C)nc12. The number of hydrogen-bond acceptors (Lipinski definition) is 4. The molecule has 1 N–H and O–H groups in total. The minimum Gasteiger partial charge on any atom is -0.367 e. The van der Waals surface area contributed by atoms with Gasteiger partial charge in [-0.15, -0.1) is 0 Å². The highest BCUT2D eigenvalue weighted by molar-refractivity contribution is 6.00. The second-order valence-electron chi connectivity index (χ2n) is 9.24. The Morgan fingerprint density at radius 1 is 1.09 bits per heavy atom.